The summed E-state index contributed by atoms with van der Waals surface area (Å²) >= 11 is 0. The van der Waals surface area contributed by atoms with Gasteiger partial charge in [-0.3, -0.25) is 0 Å². The highest BCUT2D eigenvalue weighted by Crippen LogP contribution is 2.44. The maximum atomic E-state index is 13.3. The van der Waals surface area contributed by atoms with Crippen molar-refractivity contribution >= 4 is 11.8 Å². The van der Waals surface area contributed by atoms with E-state index in [1.807, 2.05) is 0 Å². The molecule has 0 unspecified atom stereocenters. The number of nitrogen functional groups attached to an aromatic ring is 1. The summed E-state index contributed by atoms with van der Waals surface area (Å²) in [6, 6.07) is 0. The summed E-state index contributed by atoms with van der Waals surface area (Å²) in [5, 5.41) is 15.9. The third-order valence-electron chi connectivity index (χ3n) is 3.52. The second-order valence-corrected chi connectivity index (χ2v) is 5.36. The molecule has 0 saturated heterocycles. The van der Waals surface area contributed by atoms with Crippen LogP contribution in [0.4, 0.5) is 32.0 Å². The third kappa shape index (κ3) is 3.41. The molecule has 0 spiro atoms. The van der Waals surface area contributed by atoms with E-state index in [2.05, 4.69) is 26.5 Å². The van der Waals surface area contributed by atoms with Crippen molar-refractivity contribution < 1.29 is 40.6 Å². The van der Waals surface area contributed by atoms with Crippen molar-refractivity contribution in [1.29, 1.82) is 0 Å². The second kappa shape index (κ2) is 6.40. The first kappa shape index (κ1) is 20.5. The molecule has 0 amide bonds. The van der Waals surface area contributed by atoms with Gasteiger partial charge in [-0.15, -0.1) is 10.2 Å². The van der Waals surface area contributed by atoms with Crippen molar-refractivity contribution in [3.63, 3.8) is 0 Å². The molecule has 2 rings (SSSR count). The topological polar surface area (TPSA) is 107 Å². The van der Waals surface area contributed by atoms with Crippen molar-refractivity contribution in [2.45, 2.75) is 24.9 Å². The molecule has 0 fully saturated rings. The van der Waals surface area contributed by atoms with Gasteiger partial charge in [0, 0.05) is 5.56 Å². The van der Waals surface area contributed by atoms with Crippen LogP contribution in [0.1, 0.15) is 23.9 Å². The Morgan fingerprint density at radius 2 is 1.78 bits per heavy atom. The number of aromatic nitrogens is 3. The number of methoxy groups -OCH3 is 1. The van der Waals surface area contributed by atoms with Gasteiger partial charge in [0.05, 0.1) is 12.8 Å². The van der Waals surface area contributed by atoms with Gasteiger partial charge in [-0.25, -0.2) is 4.98 Å². The van der Waals surface area contributed by atoms with Crippen LogP contribution in [0.2, 0.25) is 0 Å². The van der Waals surface area contributed by atoms with Gasteiger partial charge >= 0.3 is 12.4 Å². The van der Waals surface area contributed by atoms with Gasteiger partial charge in [0.1, 0.15) is 5.56 Å². The summed E-state index contributed by atoms with van der Waals surface area (Å²) in [6.45, 7) is 3.60. The first-order valence-electron chi connectivity index (χ1n) is 6.96. The highest BCUT2D eigenvalue weighted by Gasteiger charge is 2.55. The molecule has 2 heterocycles. The SMILES string of the molecule is C=Cc1c(N)c(-c2nnc([C@](C)(O)C(F)(F)F)o2)nc(OC)c1C(F)(F)F. The normalized spacial score (nSPS) is 14.7. The summed E-state index contributed by atoms with van der Waals surface area (Å²) in [5.41, 5.74) is -0.998. The fourth-order valence-corrected chi connectivity index (χ4v) is 2.03. The number of aliphatic hydroxyl groups is 1. The molecule has 0 aliphatic rings. The standard InChI is InChI=1S/C14H12F6N4O3/c1-4-5-6(13(15,16)17)9(26-3)22-8(7(5)21)10-23-24-11(27-10)12(2,25)14(18,19)20/h4,25H,1,21H2,2-3H3/t12-/m0/s1. The van der Waals surface area contributed by atoms with E-state index in [1.54, 1.807) is 0 Å². The maximum absolute atomic E-state index is 13.3. The molecule has 0 radical (unpaired) electrons. The largest absolute Gasteiger partial charge is 0.481 e. The highest BCUT2D eigenvalue weighted by molar-refractivity contribution is 5.80. The summed E-state index contributed by atoms with van der Waals surface area (Å²) in [4.78, 5) is 3.52. The minimum Gasteiger partial charge on any atom is -0.481 e. The lowest BCUT2D eigenvalue weighted by atomic mass is 10.0. The number of pyridine rings is 1. The summed E-state index contributed by atoms with van der Waals surface area (Å²) in [5.74, 6) is -2.92. The van der Waals surface area contributed by atoms with E-state index < -0.39 is 58.1 Å². The van der Waals surface area contributed by atoms with E-state index in [0.717, 1.165) is 13.2 Å². The second-order valence-electron chi connectivity index (χ2n) is 5.36. The lowest BCUT2D eigenvalue weighted by Crippen LogP contribution is -2.39. The summed E-state index contributed by atoms with van der Waals surface area (Å²) in [7, 11) is 0.901. The van der Waals surface area contributed by atoms with Gasteiger partial charge in [0.25, 0.3) is 11.8 Å². The predicted molar refractivity (Wildman–Crippen MR) is 79.2 cm³/mol. The first-order chi connectivity index (χ1) is 12.3. The van der Waals surface area contributed by atoms with Gasteiger partial charge in [0.2, 0.25) is 11.5 Å². The van der Waals surface area contributed by atoms with Crippen molar-refractivity contribution in [2.24, 2.45) is 0 Å². The smallest absolute Gasteiger partial charge is 0.426 e. The molecule has 0 aliphatic carbocycles. The molecule has 27 heavy (non-hydrogen) atoms. The Balaban J connectivity index is 2.70. The molecule has 3 N–H and O–H groups in total. The Hall–Kier alpha value is -2.83. The summed E-state index contributed by atoms with van der Waals surface area (Å²) in [6.07, 6.45) is -9.29. The van der Waals surface area contributed by atoms with Crippen LogP contribution in [0.25, 0.3) is 17.7 Å². The molecule has 148 valence electrons. The quantitative estimate of drug-likeness (QED) is 0.762. The molecule has 13 heteroatoms. The molecule has 2 aromatic heterocycles. The molecular formula is C14H12F6N4O3. The average Bonchev–Trinajstić information content (AvgIpc) is 3.02. The number of nitrogens with two attached hydrogens (primary N) is 1. The molecule has 0 aliphatic heterocycles. The fourth-order valence-electron chi connectivity index (χ4n) is 2.03. The Labute approximate surface area is 147 Å². The molecular weight excluding hydrogens is 386 g/mol. The molecule has 0 aromatic carbocycles. The van der Waals surface area contributed by atoms with Crippen molar-refractivity contribution in [3.05, 3.63) is 23.6 Å². The number of nitrogens with zero attached hydrogens (tertiary/aromatic N) is 3. The monoisotopic (exact) mass is 398 g/mol. The molecule has 7 nitrogen and oxygen atoms in total. The molecule has 1 atom stereocenters. The predicted octanol–water partition coefficient (Wildman–Crippen LogP) is 3.15. The fraction of sp³-hybridized carbons (Fsp3) is 0.357. The van der Waals surface area contributed by atoms with E-state index in [1.165, 1.54) is 0 Å². The van der Waals surface area contributed by atoms with Crippen LogP contribution in [0, 0.1) is 0 Å². The van der Waals surface area contributed by atoms with Crippen LogP contribution in [0.5, 0.6) is 5.88 Å². The van der Waals surface area contributed by atoms with Crippen molar-refractivity contribution in [2.75, 3.05) is 12.8 Å². The summed E-state index contributed by atoms with van der Waals surface area (Å²) < 4.78 is 87.7. The third-order valence-corrected chi connectivity index (χ3v) is 3.52. The molecule has 2 aromatic rings. The van der Waals surface area contributed by atoms with E-state index in [4.69, 9.17) is 10.2 Å². The lowest BCUT2D eigenvalue weighted by molar-refractivity contribution is -0.266. The number of hydrogen-bond acceptors (Lipinski definition) is 7. The molecule has 0 bridgehead atoms. The molecule has 0 saturated carbocycles. The zero-order valence-electron chi connectivity index (χ0n) is 13.7. The average molecular weight is 398 g/mol. The van der Waals surface area contributed by atoms with E-state index >= 15 is 0 Å². The number of rotatable bonds is 4. The first-order valence-corrected chi connectivity index (χ1v) is 6.96. The highest BCUT2D eigenvalue weighted by atomic mass is 19.4. The minimum absolute atomic E-state index is 0.365. The van der Waals surface area contributed by atoms with Gasteiger partial charge in [-0.2, -0.15) is 26.3 Å². The zero-order chi connectivity index (χ0) is 20.8. The van der Waals surface area contributed by atoms with Crippen LogP contribution in [0.3, 0.4) is 0 Å². The van der Waals surface area contributed by atoms with Crippen molar-refractivity contribution in [1.82, 2.24) is 15.2 Å². The Bertz CT molecular complexity index is 873. The zero-order valence-corrected chi connectivity index (χ0v) is 13.7. The number of halogens is 6. The Morgan fingerprint density at radius 3 is 2.22 bits per heavy atom. The number of alkyl halides is 6. The number of anilines is 1. The maximum Gasteiger partial charge on any atom is 0.426 e. The number of ether oxygens (including phenoxy) is 1. The van der Waals surface area contributed by atoms with Crippen LogP contribution >= 0.6 is 0 Å². The van der Waals surface area contributed by atoms with E-state index in [-0.39, 0.29) is 0 Å². The van der Waals surface area contributed by atoms with Gasteiger partial charge in [0.15, 0.2) is 5.69 Å². The minimum atomic E-state index is -5.15. The Morgan fingerprint density at radius 1 is 1.19 bits per heavy atom. The van der Waals surface area contributed by atoms with Gasteiger partial charge in [-0.05, 0) is 6.92 Å². The van der Waals surface area contributed by atoms with Crippen LogP contribution in [-0.2, 0) is 11.8 Å². The lowest BCUT2D eigenvalue weighted by Gasteiger charge is -2.21. The van der Waals surface area contributed by atoms with Gasteiger partial charge < -0.3 is 20.0 Å². The van der Waals surface area contributed by atoms with Crippen LogP contribution in [-0.4, -0.2) is 33.6 Å². The van der Waals surface area contributed by atoms with Crippen LogP contribution < -0.4 is 10.5 Å². The Kier molecular flexibility index (Phi) is 4.86. The van der Waals surface area contributed by atoms with Gasteiger partial charge in [-0.1, -0.05) is 12.7 Å². The van der Waals surface area contributed by atoms with E-state index in [9.17, 15) is 31.4 Å². The van der Waals surface area contributed by atoms with Crippen LogP contribution in [0.15, 0.2) is 11.0 Å². The van der Waals surface area contributed by atoms with E-state index in [0.29, 0.717) is 6.92 Å². The van der Waals surface area contributed by atoms with Crippen molar-refractivity contribution in [3.8, 4) is 17.5 Å². The number of hydrogen-bond donors (Lipinski definition) is 2.